The van der Waals surface area contributed by atoms with Crippen LogP contribution in [-0.2, 0) is 4.79 Å². The molecule has 3 nitrogen and oxygen atoms in total. The summed E-state index contributed by atoms with van der Waals surface area (Å²) in [6.45, 7) is 1.98. The van der Waals surface area contributed by atoms with Crippen LogP contribution in [0.4, 0.5) is 5.69 Å². The number of hydrogen-bond acceptors (Lipinski definition) is 1. The summed E-state index contributed by atoms with van der Waals surface area (Å²) >= 11 is 5.50. The van der Waals surface area contributed by atoms with E-state index in [4.69, 9.17) is 11.6 Å². The van der Waals surface area contributed by atoms with Gasteiger partial charge in [0.15, 0.2) is 0 Å². The molecule has 1 aromatic heterocycles. The molecule has 17 heavy (non-hydrogen) atoms. The van der Waals surface area contributed by atoms with Crippen LogP contribution in [0, 0.1) is 6.92 Å². The lowest BCUT2D eigenvalue weighted by atomic mass is 10.2. The minimum Gasteiger partial charge on any atom is -0.323 e. The van der Waals surface area contributed by atoms with E-state index >= 15 is 0 Å². The highest BCUT2D eigenvalue weighted by molar-refractivity contribution is 6.29. The first-order valence-electron chi connectivity index (χ1n) is 5.30. The molecule has 0 radical (unpaired) electrons. The molecule has 1 N–H and O–H groups in total. The van der Waals surface area contributed by atoms with E-state index < -0.39 is 0 Å². The maximum atomic E-state index is 11.4. The molecule has 4 heteroatoms. The topological polar surface area (TPSA) is 34.0 Å². The van der Waals surface area contributed by atoms with Gasteiger partial charge in [0.1, 0.15) is 5.88 Å². The minimum atomic E-state index is -0.203. The fraction of sp³-hybridized carbons (Fsp3) is 0.154. The van der Waals surface area contributed by atoms with Crippen LogP contribution in [0.5, 0.6) is 0 Å². The molecule has 0 spiro atoms. The number of anilines is 1. The van der Waals surface area contributed by atoms with Crippen LogP contribution in [0.2, 0.25) is 0 Å². The number of benzene rings is 1. The number of hydrogen-bond donors (Lipinski definition) is 1. The molecule has 0 saturated carbocycles. The number of nitrogens with zero attached hydrogens (tertiary/aromatic N) is 1. The summed E-state index contributed by atoms with van der Waals surface area (Å²) in [6.07, 6.45) is 3.86. The van der Waals surface area contributed by atoms with E-state index in [0.717, 1.165) is 16.9 Å². The third-order valence-electron chi connectivity index (χ3n) is 2.43. The van der Waals surface area contributed by atoms with Crippen LogP contribution >= 0.6 is 11.6 Å². The first-order chi connectivity index (χ1) is 8.20. The maximum Gasteiger partial charge on any atom is 0.239 e. The van der Waals surface area contributed by atoms with Gasteiger partial charge in [-0.2, -0.15) is 0 Å². The predicted octanol–water partition coefficient (Wildman–Crippen LogP) is 2.96. The van der Waals surface area contributed by atoms with Crippen LogP contribution in [0.25, 0.3) is 5.69 Å². The average Bonchev–Trinajstić information content (AvgIpc) is 2.82. The minimum absolute atomic E-state index is 0.0426. The molecule has 0 unspecified atom stereocenters. The number of halogens is 1. The van der Waals surface area contributed by atoms with Crippen molar-refractivity contribution in [3.8, 4) is 5.69 Å². The van der Waals surface area contributed by atoms with Crippen molar-refractivity contribution in [2.75, 3.05) is 11.2 Å². The second-order valence-corrected chi connectivity index (χ2v) is 4.06. The van der Waals surface area contributed by atoms with E-state index in [1.54, 1.807) is 0 Å². The molecule has 0 aliphatic carbocycles. The maximum absolute atomic E-state index is 11.4. The number of aromatic nitrogens is 1. The molecule has 1 amide bonds. The zero-order valence-electron chi connectivity index (χ0n) is 9.48. The van der Waals surface area contributed by atoms with Gasteiger partial charge in [0.25, 0.3) is 0 Å². The van der Waals surface area contributed by atoms with E-state index in [9.17, 15) is 4.79 Å². The van der Waals surface area contributed by atoms with Crippen molar-refractivity contribution in [1.82, 2.24) is 4.57 Å². The van der Waals surface area contributed by atoms with E-state index in [1.165, 1.54) is 0 Å². The predicted molar refractivity (Wildman–Crippen MR) is 69.9 cm³/mol. The Hall–Kier alpha value is -1.74. The van der Waals surface area contributed by atoms with Gasteiger partial charge in [0.05, 0.1) is 11.4 Å². The van der Waals surface area contributed by atoms with Crippen LogP contribution in [0.15, 0.2) is 42.7 Å². The summed E-state index contributed by atoms with van der Waals surface area (Å²) in [7, 11) is 0. The highest BCUT2D eigenvalue weighted by Gasteiger charge is 2.07. The summed E-state index contributed by atoms with van der Waals surface area (Å²) in [5.41, 5.74) is 2.79. The number of carbonyl (C=O) groups is 1. The Morgan fingerprint density at radius 1 is 1.35 bits per heavy atom. The lowest BCUT2D eigenvalue weighted by Gasteiger charge is -2.12. The van der Waals surface area contributed by atoms with Crippen LogP contribution < -0.4 is 5.32 Å². The number of nitrogens with one attached hydrogen (secondary N) is 1. The first-order valence-corrected chi connectivity index (χ1v) is 5.84. The molecule has 88 valence electrons. The van der Waals surface area contributed by atoms with E-state index in [2.05, 4.69) is 5.32 Å². The quantitative estimate of drug-likeness (QED) is 0.833. The summed E-state index contributed by atoms with van der Waals surface area (Å²) in [4.78, 5) is 11.4. The Morgan fingerprint density at radius 3 is 2.71 bits per heavy atom. The van der Waals surface area contributed by atoms with Gasteiger partial charge >= 0.3 is 0 Å². The molecule has 0 aliphatic rings. The largest absolute Gasteiger partial charge is 0.323 e. The average molecular weight is 249 g/mol. The Bertz CT molecular complexity index is 520. The van der Waals surface area contributed by atoms with Gasteiger partial charge in [0.2, 0.25) is 5.91 Å². The molecule has 0 aliphatic heterocycles. The number of amides is 1. The molecule has 0 fully saturated rings. The Labute approximate surface area is 105 Å². The molecular weight excluding hydrogens is 236 g/mol. The van der Waals surface area contributed by atoms with Gasteiger partial charge in [0, 0.05) is 12.4 Å². The number of carbonyl (C=O) groups excluding carboxylic acids is 1. The van der Waals surface area contributed by atoms with Crippen LogP contribution in [0.3, 0.4) is 0 Å². The molecule has 0 saturated heterocycles. The second-order valence-electron chi connectivity index (χ2n) is 3.79. The molecular formula is C13H13ClN2O. The molecule has 0 atom stereocenters. The summed E-state index contributed by atoms with van der Waals surface area (Å²) in [6, 6.07) is 9.78. The SMILES string of the molecule is Cc1ccc(-n2cccc2)c(NC(=O)CCl)c1. The van der Waals surface area contributed by atoms with Crippen molar-refractivity contribution in [3.05, 3.63) is 48.3 Å². The molecule has 0 bridgehead atoms. The van der Waals surface area contributed by atoms with Crippen LogP contribution in [0.1, 0.15) is 5.56 Å². The van der Waals surface area contributed by atoms with Gasteiger partial charge in [-0.1, -0.05) is 6.07 Å². The lowest BCUT2D eigenvalue weighted by molar-refractivity contribution is -0.113. The van der Waals surface area contributed by atoms with Gasteiger partial charge in [-0.15, -0.1) is 11.6 Å². The van der Waals surface area contributed by atoms with Crippen molar-refractivity contribution in [3.63, 3.8) is 0 Å². The smallest absolute Gasteiger partial charge is 0.239 e. The Morgan fingerprint density at radius 2 is 2.06 bits per heavy atom. The fourth-order valence-electron chi connectivity index (χ4n) is 1.65. The van der Waals surface area contributed by atoms with Crippen molar-refractivity contribution < 1.29 is 4.79 Å². The second kappa shape index (κ2) is 5.06. The molecule has 2 aromatic rings. The van der Waals surface area contributed by atoms with Crippen molar-refractivity contribution in [1.29, 1.82) is 0 Å². The fourth-order valence-corrected chi connectivity index (χ4v) is 1.72. The van der Waals surface area contributed by atoms with E-state index in [-0.39, 0.29) is 11.8 Å². The Balaban J connectivity index is 2.41. The van der Waals surface area contributed by atoms with Crippen molar-refractivity contribution in [2.45, 2.75) is 6.92 Å². The van der Waals surface area contributed by atoms with Gasteiger partial charge in [-0.05, 0) is 36.8 Å². The standard InChI is InChI=1S/C13H13ClN2O/c1-10-4-5-12(16-6-2-3-7-16)11(8-10)15-13(17)9-14/h2-8H,9H2,1H3,(H,15,17). The van der Waals surface area contributed by atoms with Crippen molar-refractivity contribution in [2.24, 2.45) is 0 Å². The van der Waals surface area contributed by atoms with E-state index in [0.29, 0.717) is 0 Å². The highest BCUT2D eigenvalue weighted by atomic mass is 35.5. The third-order valence-corrected chi connectivity index (χ3v) is 2.67. The van der Waals surface area contributed by atoms with Gasteiger partial charge in [-0.25, -0.2) is 0 Å². The number of rotatable bonds is 3. The lowest BCUT2D eigenvalue weighted by Crippen LogP contribution is -2.14. The van der Waals surface area contributed by atoms with E-state index in [1.807, 2.05) is 54.2 Å². The molecule has 1 aromatic carbocycles. The van der Waals surface area contributed by atoms with Crippen LogP contribution in [-0.4, -0.2) is 16.4 Å². The number of aryl methyl sites for hydroxylation is 1. The molecule has 1 heterocycles. The third kappa shape index (κ3) is 2.68. The zero-order valence-corrected chi connectivity index (χ0v) is 10.2. The number of alkyl halides is 1. The van der Waals surface area contributed by atoms with Crippen molar-refractivity contribution >= 4 is 23.2 Å². The Kier molecular flexibility index (Phi) is 3.49. The monoisotopic (exact) mass is 248 g/mol. The summed E-state index contributed by atoms with van der Waals surface area (Å²) in [5, 5.41) is 2.80. The summed E-state index contributed by atoms with van der Waals surface area (Å²) in [5.74, 6) is -0.246. The summed E-state index contributed by atoms with van der Waals surface area (Å²) < 4.78 is 1.95. The first kappa shape index (κ1) is 11.7. The highest BCUT2D eigenvalue weighted by Crippen LogP contribution is 2.22. The normalized spacial score (nSPS) is 10.2. The van der Waals surface area contributed by atoms with Gasteiger partial charge < -0.3 is 9.88 Å². The molecule has 2 rings (SSSR count). The zero-order chi connectivity index (χ0) is 12.3. The van der Waals surface area contributed by atoms with Gasteiger partial charge in [-0.3, -0.25) is 4.79 Å².